The number of amides is 1. The maximum atomic E-state index is 12.6. The van der Waals surface area contributed by atoms with Gasteiger partial charge < -0.3 is 14.6 Å². The van der Waals surface area contributed by atoms with Crippen LogP contribution in [0.2, 0.25) is 0 Å². The van der Waals surface area contributed by atoms with Crippen molar-refractivity contribution < 1.29 is 9.53 Å². The lowest BCUT2D eigenvalue weighted by atomic mass is 9.87. The summed E-state index contributed by atoms with van der Waals surface area (Å²) in [5.74, 6) is 0.608. The number of nitrogens with zero attached hydrogens (tertiary/aromatic N) is 2. The van der Waals surface area contributed by atoms with Gasteiger partial charge in [0.25, 0.3) is 5.91 Å². The van der Waals surface area contributed by atoms with Crippen LogP contribution in [-0.4, -0.2) is 35.1 Å². The molecule has 0 saturated heterocycles. The van der Waals surface area contributed by atoms with Gasteiger partial charge in [-0.05, 0) is 52.8 Å². The Morgan fingerprint density at radius 3 is 2.42 bits per heavy atom. The summed E-state index contributed by atoms with van der Waals surface area (Å²) in [6.07, 6.45) is 3.09. The maximum absolute atomic E-state index is 12.6. The SMILES string of the molecule is Cn1cccc1[C@H](CNC(=O)COc1ccc(C(C)(C)C)cc1)N1CCc2ccccc2C1. The van der Waals surface area contributed by atoms with E-state index >= 15 is 0 Å². The van der Waals surface area contributed by atoms with Crippen molar-refractivity contribution in [3.05, 3.63) is 89.2 Å². The normalized spacial score (nSPS) is 15.0. The van der Waals surface area contributed by atoms with Crippen LogP contribution in [0.3, 0.4) is 0 Å². The smallest absolute Gasteiger partial charge is 0.258 e. The molecule has 0 saturated carbocycles. The average molecular weight is 446 g/mol. The van der Waals surface area contributed by atoms with E-state index in [1.807, 2.05) is 12.1 Å². The molecule has 1 atom stereocenters. The fraction of sp³-hybridized carbons (Fsp3) is 0.393. The molecule has 1 aliphatic rings. The summed E-state index contributed by atoms with van der Waals surface area (Å²) in [7, 11) is 2.06. The summed E-state index contributed by atoms with van der Waals surface area (Å²) >= 11 is 0. The fourth-order valence-electron chi connectivity index (χ4n) is 4.49. The zero-order valence-electron chi connectivity index (χ0n) is 20.2. The number of carbonyl (C=O) groups excluding carboxylic acids is 1. The molecule has 0 unspecified atom stereocenters. The molecule has 5 heteroatoms. The van der Waals surface area contributed by atoms with E-state index in [4.69, 9.17) is 4.74 Å². The topological polar surface area (TPSA) is 46.5 Å². The van der Waals surface area contributed by atoms with Gasteiger partial charge in [0.1, 0.15) is 5.75 Å². The third-order valence-corrected chi connectivity index (χ3v) is 6.51. The van der Waals surface area contributed by atoms with Gasteiger partial charge in [0.2, 0.25) is 0 Å². The minimum Gasteiger partial charge on any atom is -0.484 e. The van der Waals surface area contributed by atoms with Crippen molar-refractivity contribution in [3.63, 3.8) is 0 Å². The van der Waals surface area contributed by atoms with Crippen LogP contribution in [0.5, 0.6) is 5.75 Å². The first-order valence-electron chi connectivity index (χ1n) is 11.7. The molecule has 4 rings (SSSR count). The van der Waals surface area contributed by atoms with E-state index in [1.165, 1.54) is 22.4 Å². The molecule has 174 valence electrons. The first-order chi connectivity index (χ1) is 15.8. The van der Waals surface area contributed by atoms with Crippen LogP contribution in [0.1, 0.15) is 49.2 Å². The van der Waals surface area contributed by atoms with Gasteiger partial charge in [0.05, 0.1) is 6.04 Å². The number of hydrogen-bond donors (Lipinski definition) is 1. The van der Waals surface area contributed by atoms with Crippen LogP contribution >= 0.6 is 0 Å². The van der Waals surface area contributed by atoms with E-state index in [0.29, 0.717) is 12.3 Å². The van der Waals surface area contributed by atoms with Crippen LogP contribution in [-0.2, 0) is 30.2 Å². The number of carbonyl (C=O) groups is 1. The number of nitrogens with one attached hydrogen (secondary N) is 1. The standard InChI is InChI=1S/C28H35N3O2/c1-28(2,3)23-11-13-24(14-12-23)33-20-27(32)29-18-26(25-10-7-16-30(25)4)31-17-15-21-8-5-6-9-22(21)19-31/h5-14,16,26H,15,17-20H2,1-4H3,(H,29,32)/t26-/m0/s1. The lowest BCUT2D eigenvalue weighted by Crippen LogP contribution is -2.42. The Hall–Kier alpha value is -3.05. The van der Waals surface area contributed by atoms with Gasteiger partial charge in [-0.25, -0.2) is 0 Å². The molecule has 0 radical (unpaired) electrons. The van der Waals surface area contributed by atoms with Crippen molar-refractivity contribution in [1.82, 2.24) is 14.8 Å². The largest absolute Gasteiger partial charge is 0.484 e. The highest BCUT2D eigenvalue weighted by molar-refractivity contribution is 5.77. The van der Waals surface area contributed by atoms with E-state index in [1.54, 1.807) is 0 Å². The van der Waals surface area contributed by atoms with Crippen molar-refractivity contribution >= 4 is 5.91 Å². The summed E-state index contributed by atoms with van der Waals surface area (Å²) in [4.78, 5) is 15.1. The first-order valence-corrected chi connectivity index (χ1v) is 11.7. The van der Waals surface area contributed by atoms with Crippen molar-refractivity contribution in [2.24, 2.45) is 7.05 Å². The van der Waals surface area contributed by atoms with Crippen LogP contribution in [0, 0.1) is 0 Å². The van der Waals surface area contributed by atoms with Crippen molar-refractivity contribution in [2.45, 2.75) is 45.2 Å². The molecule has 0 bridgehead atoms. The second-order valence-electron chi connectivity index (χ2n) is 9.92. The van der Waals surface area contributed by atoms with Crippen molar-refractivity contribution in [2.75, 3.05) is 19.7 Å². The number of fused-ring (bicyclic) bond motifs is 1. The summed E-state index contributed by atoms with van der Waals surface area (Å²) < 4.78 is 7.89. The molecule has 2 aromatic carbocycles. The van der Waals surface area contributed by atoms with Crippen LogP contribution in [0.25, 0.3) is 0 Å². The Kier molecular flexibility index (Phi) is 6.89. The molecular formula is C28H35N3O2. The highest BCUT2D eigenvalue weighted by Crippen LogP contribution is 2.28. The summed E-state index contributed by atoms with van der Waals surface area (Å²) in [5, 5.41) is 3.11. The molecule has 0 spiro atoms. The molecule has 1 amide bonds. The lowest BCUT2D eigenvalue weighted by Gasteiger charge is -2.36. The van der Waals surface area contributed by atoms with Crippen molar-refractivity contribution in [1.29, 1.82) is 0 Å². The van der Waals surface area contributed by atoms with Crippen LogP contribution < -0.4 is 10.1 Å². The molecule has 1 aliphatic heterocycles. The molecule has 1 N–H and O–H groups in total. The van der Waals surface area contributed by atoms with Gasteiger partial charge in [-0.15, -0.1) is 0 Å². The second kappa shape index (κ2) is 9.84. The number of aromatic nitrogens is 1. The fourth-order valence-corrected chi connectivity index (χ4v) is 4.49. The zero-order chi connectivity index (χ0) is 23.4. The quantitative estimate of drug-likeness (QED) is 0.577. The molecule has 2 heterocycles. The van der Waals surface area contributed by atoms with Gasteiger partial charge in [0.15, 0.2) is 6.61 Å². The molecule has 0 fully saturated rings. The van der Waals surface area contributed by atoms with E-state index < -0.39 is 0 Å². The highest BCUT2D eigenvalue weighted by atomic mass is 16.5. The van der Waals surface area contributed by atoms with Gasteiger partial charge in [-0.2, -0.15) is 0 Å². The van der Waals surface area contributed by atoms with E-state index in [2.05, 4.69) is 97.3 Å². The van der Waals surface area contributed by atoms with Gasteiger partial charge in [-0.3, -0.25) is 9.69 Å². The summed E-state index contributed by atoms with van der Waals surface area (Å²) in [5.41, 5.74) is 5.34. The predicted octanol–water partition coefficient (Wildman–Crippen LogP) is 4.62. The third kappa shape index (κ3) is 5.66. The van der Waals surface area contributed by atoms with E-state index in [-0.39, 0.29) is 24.0 Å². The van der Waals surface area contributed by atoms with Crippen LogP contribution in [0.15, 0.2) is 66.9 Å². The Morgan fingerprint density at radius 2 is 1.76 bits per heavy atom. The number of ether oxygens (including phenoxy) is 1. The Balaban J connectivity index is 1.37. The average Bonchev–Trinajstić information content (AvgIpc) is 3.23. The lowest BCUT2D eigenvalue weighted by molar-refractivity contribution is -0.123. The van der Waals surface area contributed by atoms with Crippen molar-refractivity contribution in [3.8, 4) is 5.75 Å². The minimum absolute atomic E-state index is 0.0115. The third-order valence-electron chi connectivity index (χ3n) is 6.51. The zero-order valence-corrected chi connectivity index (χ0v) is 20.2. The molecule has 33 heavy (non-hydrogen) atoms. The van der Waals surface area contributed by atoms with E-state index in [0.717, 1.165) is 19.5 Å². The van der Waals surface area contributed by atoms with Gasteiger partial charge in [-0.1, -0.05) is 57.2 Å². The Labute approximate surface area is 197 Å². The van der Waals surface area contributed by atoms with Crippen LogP contribution in [0.4, 0.5) is 0 Å². The predicted molar refractivity (Wildman–Crippen MR) is 132 cm³/mol. The number of rotatable bonds is 7. The Morgan fingerprint density at radius 1 is 1.03 bits per heavy atom. The number of benzene rings is 2. The van der Waals surface area contributed by atoms with Gasteiger partial charge in [0, 0.05) is 38.6 Å². The Bertz CT molecular complexity index is 1080. The molecule has 5 nitrogen and oxygen atoms in total. The molecule has 0 aliphatic carbocycles. The van der Waals surface area contributed by atoms with E-state index in [9.17, 15) is 4.79 Å². The first kappa shape index (κ1) is 23.1. The summed E-state index contributed by atoms with van der Waals surface area (Å²) in [6, 6.07) is 21.0. The van der Waals surface area contributed by atoms with Gasteiger partial charge >= 0.3 is 0 Å². The molecular weight excluding hydrogens is 410 g/mol. The summed E-state index contributed by atoms with van der Waals surface area (Å²) in [6.45, 7) is 8.96. The second-order valence-corrected chi connectivity index (χ2v) is 9.92. The molecule has 3 aromatic rings. The number of aryl methyl sites for hydroxylation is 1. The number of hydrogen-bond acceptors (Lipinski definition) is 3. The molecule has 1 aromatic heterocycles. The highest BCUT2D eigenvalue weighted by Gasteiger charge is 2.26. The maximum Gasteiger partial charge on any atom is 0.258 e. The monoisotopic (exact) mass is 445 g/mol. The minimum atomic E-state index is -0.105.